The van der Waals surface area contributed by atoms with Crippen LogP contribution in [-0.2, 0) is 0 Å². The molecule has 116 valence electrons. The number of amides is 1. The molecule has 0 unspecified atom stereocenters. The summed E-state index contributed by atoms with van der Waals surface area (Å²) < 4.78 is 5.07. The molecule has 23 heavy (non-hydrogen) atoms. The monoisotopic (exact) mass is 362 g/mol. The first-order valence-corrected chi connectivity index (χ1v) is 9.19. The lowest BCUT2D eigenvalue weighted by molar-refractivity contribution is 0.0983. The van der Waals surface area contributed by atoms with E-state index < -0.39 is 0 Å². The fraction of sp³-hybridized carbons (Fsp3) is 0.125. The smallest absolute Gasteiger partial charge is 0.277 e. The zero-order chi connectivity index (χ0) is 15.8. The Morgan fingerprint density at radius 1 is 1.35 bits per heavy atom. The average Bonchev–Trinajstić information content (AvgIpc) is 3.24. The van der Waals surface area contributed by atoms with Gasteiger partial charge in [-0.3, -0.25) is 4.79 Å². The van der Waals surface area contributed by atoms with Gasteiger partial charge in [0, 0.05) is 33.2 Å². The number of benzene rings is 1. The molecule has 0 saturated heterocycles. The predicted molar refractivity (Wildman–Crippen MR) is 93.7 cm³/mol. The van der Waals surface area contributed by atoms with E-state index in [1.807, 2.05) is 24.3 Å². The van der Waals surface area contributed by atoms with Crippen molar-refractivity contribution in [2.75, 3.05) is 17.2 Å². The molecule has 3 aromatic rings. The van der Waals surface area contributed by atoms with Crippen molar-refractivity contribution < 1.29 is 9.21 Å². The summed E-state index contributed by atoms with van der Waals surface area (Å²) in [7, 11) is 0. The average molecular weight is 363 g/mol. The van der Waals surface area contributed by atoms with Gasteiger partial charge in [-0.25, -0.2) is 4.98 Å². The van der Waals surface area contributed by atoms with Crippen LogP contribution in [0.5, 0.6) is 0 Å². The number of thioether (sulfide) groups is 1. The SMILES string of the molecule is O=C(c1csc(-c2ccoc2)n1)N1CCSc2ccc(Cl)cc21. The summed E-state index contributed by atoms with van der Waals surface area (Å²) in [5, 5.41) is 3.19. The third-order valence-electron chi connectivity index (χ3n) is 3.52. The molecule has 0 bridgehead atoms. The van der Waals surface area contributed by atoms with Crippen molar-refractivity contribution >= 4 is 46.3 Å². The lowest BCUT2D eigenvalue weighted by Crippen LogP contribution is -2.35. The highest BCUT2D eigenvalue weighted by atomic mass is 35.5. The van der Waals surface area contributed by atoms with Crippen LogP contribution in [0.25, 0.3) is 10.6 Å². The minimum absolute atomic E-state index is 0.0974. The molecular formula is C16H11ClN2O2S2. The summed E-state index contributed by atoms with van der Waals surface area (Å²) in [5.41, 5.74) is 2.19. The molecule has 0 saturated carbocycles. The van der Waals surface area contributed by atoms with Gasteiger partial charge >= 0.3 is 0 Å². The van der Waals surface area contributed by atoms with Crippen molar-refractivity contribution in [3.8, 4) is 10.6 Å². The molecule has 7 heteroatoms. The molecule has 1 aliphatic rings. The molecule has 0 radical (unpaired) electrons. The van der Waals surface area contributed by atoms with E-state index in [0.717, 1.165) is 26.9 Å². The Morgan fingerprint density at radius 3 is 3.09 bits per heavy atom. The van der Waals surface area contributed by atoms with E-state index in [9.17, 15) is 4.79 Å². The van der Waals surface area contributed by atoms with Crippen molar-refractivity contribution in [1.82, 2.24) is 4.98 Å². The summed E-state index contributed by atoms with van der Waals surface area (Å²) in [6.07, 6.45) is 3.22. The number of fused-ring (bicyclic) bond motifs is 1. The number of carbonyl (C=O) groups excluding carboxylic acids is 1. The van der Waals surface area contributed by atoms with Crippen LogP contribution in [0.3, 0.4) is 0 Å². The Morgan fingerprint density at radius 2 is 2.26 bits per heavy atom. The number of aromatic nitrogens is 1. The zero-order valence-electron chi connectivity index (χ0n) is 11.9. The molecule has 4 rings (SSSR count). The minimum atomic E-state index is -0.0974. The van der Waals surface area contributed by atoms with E-state index in [0.29, 0.717) is 17.3 Å². The van der Waals surface area contributed by atoms with Gasteiger partial charge in [-0.1, -0.05) is 11.6 Å². The summed E-state index contributed by atoms with van der Waals surface area (Å²) in [6.45, 7) is 0.648. The molecule has 4 nitrogen and oxygen atoms in total. The van der Waals surface area contributed by atoms with E-state index in [-0.39, 0.29) is 5.91 Å². The number of halogens is 1. The molecular weight excluding hydrogens is 352 g/mol. The van der Waals surface area contributed by atoms with Gasteiger partial charge in [0.05, 0.1) is 12.0 Å². The zero-order valence-corrected chi connectivity index (χ0v) is 14.2. The topological polar surface area (TPSA) is 46.3 Å². The van der Waals surface area contributed by atoms with Crippen molar-refractivity contribution in [3.05, 3.63) is 52.9 Å². The van der Waals surface area contributed by atoms with E-state index in [1.165, 1.54) is 11.3 Å². The van der Waals surface area contributed by atoms with Crippen LogP contribution in [0.2, 0.25) is 5.02 Å². The molecule has 0 atom stereocenters. The second kappa shape index (κ2) is 6.03. The molecule has 0 N–H and O–H groups in total. The highest BCUT2D eigenvalue weighted by molar-refractivity contribution is 7.99. The number of rotatable bonds is 2. The first kappa shape index (κ1) is 14.8. The maximum atomic E-state index is 12.9. The number of hydrogen-bond donors (Lipinski definition) is 0. The van der Waals surface area contributed by atoms with Crippen LogP contribution < -0.4 is 4.90 Å². The fourth-order valence-corrected chi connectivity index (χ4v) is 4.35. The number of nitrogens with zero attached hydrogens (tertiary/aromatic N) is 2. The van der Waals surface area contributed by atoms with Crippen LogP contribution in [0.4, 0.5) is 5.69 Å². The summed E-state index contributed by atoms with van der Waals surface area (Å²) in [5.74, 6) is 0.763. The van der Waals surface area contributed by atoms with Gasteiger partial charge in [0.2, 0.25) is 0 Å². The van der Waals surface area contributed by atoms with Crippen molar-refractivity contribution in [1.29, 1.82) is 0 Å². The molecule has 3 heterocycles. The maximum absolute atomic E-state index is 12.9. The van der Waals surface area contributed by atoms with Gasteiger partial charge in [0.25, 0.3) is 5.91 Å². The molecule has 2 aromatic heterocycles. The summed E-state index contributed by atoms with van der Waals surface area (Å²) in [4.78, 5) is 20.1. The Bertz CT molecular complexity index is 861. The highest BCUT2D eigenvalue weighted by Gasteiger charge is 2.26. The number of furan rings is 1. The number of anilines is 1. The van der Waals surface area contributed by atoms with Gasteiger partial charge in [0.15, 0.2) is 0 Å². The lowest BCUT2D eigenvalue weighted by atomic mass is 10.2. The van der Waals surface area contributed by atoms with E-state index in [4.69, 9.17) is 16.0 Å². The maximum Gasteiger partial charge on any atom is 0.277 e. The Balaban J connectivity index is 1.67. The Labute approximate surface area is 146 Å². The van der Waals surface area contributed by atoms with Crippen LogP contribution >= 0.6 is 34.7 Å². The van der Waals surface area contributed by atoms with Gasteiger partial charge < -0.3 is 9.32 Å². The third kappa shape index (κ3) is 2.78. The largest absolute Gasteiger partial charge is 0.472 e. The van der Waals surface area contributed by atoms with Crippen LogP contribution in [0.15, 0.2) is 51.5 Å². The summed E-state index contributed by atoms with van der Waals surface area (Å²) >= 11 is 9.26. The van der Waals surface area contributed by atoms with Crippen molar-refractivity contribution in [2.24, 2.45) is 0 Å². The Hall–Kier alpha value is -1.76. The lowest BCUT2D eigenvalue weighted by Gasteiger charge is -2.28. The standard InChI is InChI=1S/C16H11ClN2O2S2/c17-11-1-2-14-13(7-11)19(4-6-22-14)16(20)12-9-23-15(18-12)10-3-5-21-8-10/h1-3,5,7-9H,4,6H2. The quantitative estimate of drug-likeness (QED) is 0.656. The van der Waals surface area contributed by atoms with Gasteiger partial charge in [-0.05, 0) is 24.3 Å². The number of thiazole rings is 1. The molecule has 1 amide bonds. The highest BCUT2D eigenvalue weighted by Crippen LogP contribution is 2.37. The molecule has 1 aliphatic heterocycles. The van der Waals surface area contributed by atoms with Crippen LogP contribution in [-0.4, -0.2) is 23.2 Å². The predicted octanol–water partition coefficient (Wildman–Crippen LogP) is 4.81. The number of hydrogen-bond acceptors (Lipinski definition) is 5. The van der Waals surface area contributed by atoms with Crippen LogP contribution in [0.1, 0.15) is 10.5 Å². The normalized spacial score (nSPS) is 13.9. The first-order chi connectivity index (χ1) is 11.2. The van der Waals surface area contributed by atoms with Crippen molar-refractivity contribution in [3.63, 3.8) is 0 Å². The molecule has 1 aromatic carbocycles. The number of carbonyl (C=O) groups is 1. The third-order valence-corrected chi connectivity index (χ3v) is 5.69. The second-order valence-corrected chi connectivity index (χ2v) is 7.40. The molecule has 0 spiro atoms. The van der Waals surface area contributed by atoms with Gasteiger partial charge in [-0.15, -0.1) is 23.1 Å². The minimum Gasteiger partial charge on any atom is -0.472 e. The first-order valence-electron chi connectivity index (χ1n) is 6.95. The van der Waals surface area contributed by atoms with E-state index in [2.05, 4.69) is 4.98 Å². The molecule has 0 fully saturated rings. The second-order valence-electron chi connectivity index (χ2n) is 4.97. The van der Waals surface area contributed by atoms with Crippen molar-refractivity contribution in [2.45, 2.75) is 4.90 Å². The molecule has 0 aliphatic carbocycles. The van der Waals surface area contributed by atoms with Gasteiger partial charge in [0.1, 0.15) is 17.0 Å². The van der Waals surface area contributed by atoms with Gasteiger partial charge in [-0.2, -0.15) is 0 Å². The fourth-order valence-electron chi connectivity index (χ4n) is 2.43. The summed E-state index contributed by atoms with van der Waals surface area (Å²) in [6, 6.07) is 7.48. The van der Waals surface area contributed by atoms with Crippen LogP contribution in [0, 0.1) is 0 Å². The Kier molecular flexibility index (Phi) is 3.88. The van der Waals surface area contributed by atoms with E-state index >= 15 is 0 Å². The van der Waals surface area contributed by atoms with E-state index in [1.54, 1.807) is 34.6 Å².